The molecule has 2 aromatic carbocycles. The van der Waals surface area contributed by atoms with Crippen molar-refractivity contribution in [3.05, 3.63) is 54.1 Å². The maximum atomic E-state index is 12.7. The van der Waals surface area contributed by atoms with Crippen LogP contribution in [0.4, 0.5) is 11.4 Å². The highest BCUT2D eigenvalue weighted by Gasteiger charge is 2.16. The highest BCUT2D eigenvalue weighted by molar-refractivity contribution is 5.98. The number of carbonyl (C=O) groups excluding carboxylic acids is 3. The number of ether oxygens (including phenoxy) is 1. The predicted molar refractivity (Wildman–Crippen MR) is 121 cm³/mol. The molecule has 31 heavy (non-hydrogen) atoms. The summed E-state index contributed by atoms with van der Waals surface area (Å²) in [6.07, 6.45) is 0.118. The SMILES string of the molecule is CCN(CC)C(=O)c1cccc(NC(=O)CN(CCC(N)=O)c2ccc(OC)cc2)c1. The molecule has 0 heterocycles. The summed E-state index contributed by atoms with van der Waals surface area (Å²) < 4.78 is 5.17. The maximum Gasteiger partial charge on any atom is 0.253 e. The normalized spacial score (nSPS) is 10.3. The highest BCUT2D eigenvalue weighted by Crippen LogP contribution is 2.20. The Hall–Kier alpha value is -3.55. The van der Waals surface area contributed by atoms with Gasteiger partial charge in [-0.2, -0.15) is 0 Å². The summed E-state index contributed by atoms with van der Waals surface area (Å²) in [4.78, 5) is 40.0. The number of anilines is 2. The average molecular weight is 427 g/mol. The molecular formula is C23H30N4O4. The molecule has 0 spiro atoms. The van der Waals surface area contributed by atoms with Crippen molar-refractivity contribution in [2.45, 2.75) is 20.3 Å². The van der Waals surface area contributed by atoms with Crippen molar-refractivity contribution in [3.63, 3.8) is 0 Å². The Morgan fingerprint density at radius 3 is 2.29 bits per heavy atom. The Labute approximate surface area is 183 Å². The van der Waals surface area contributed by atoms with Crippen molar-refractivity contribution in [3.8, 4) is 5.75 Å². The molecular weight excluding hydrogens is 396 g/mol. The van der Waals surface area contributed by atoms with E-state index in [-0.39, 0.29) is 24.8 Å². The standard InChI is InChI=1S/C23H30N4O4/c1-4-26(5-2)23(30)17-7-6-8-18(15-17)25-22(29)16-27(14-13-21(24)28)19-9-11-20(31-3)12-10-19/h6-12,15H,4-5,13-14,16H2,1-3H3,(H2,24,28)(H,25,29). The summed E-state index contributed by atoms with van der Waals surface area (Å²) in [6, 6.07) is 14.1. The zero-order chi connectivity index (χ0) is 22.8. The minimum Gasteiger partial charge on any atom is -0.497 e. The van der Waals surface area contributed by atoms with E-state index in [1.54, 1.807) is 53.3 Å². The fourth-order valence-corrected chi connectivity index (χ4v) is 3.13. The van der Waals surface area contributed by atoms with Gasteiger partial charge in [-0.05, 0) is 56.3 Å². The van der Waals surface area contributed by atoms with Crippen LogP contribution >= 0.6 is 0 Å². The lowest BCUT2D eigenvalue weighted by Gasteiger charge is -2.24. The van der Waals surface area contributed by atoms with Crippen molar-refractivity contribution in [1.82, 2.24) is 4.90 Å². The molecule has 0 fully saturated rings. The molecule has 8 nitrogen and oxygen atoms in total. The zero-order valence-electron chi connectivity index (χ0n) is 18.3. The van der Waals surface area contributed by atoms with Crippen LogP contribution in [0, 0.1) is 0 Å². The first kappa shape index (κ1) is 23.7. The molecule has 0 aliphatic heterocycles. The minimum absolute atomic E-state index is 0.0217. The van der Waals surface area contributed by atoms with Crippen LogP contribution in [0.25, 0.3) is 0 Å². The summed E-state index contributed by atoms with van der Waals surface area (Å²) in [5.74, 6) is -0.102. The molecule has 3 amide bonds. The molecule has 2 aromatic rings. The first-order valence-corrected chi connectivity index (χ1v) is 10.2. The van der Waals surface area contributed by atoms with Gasteiger partial charge in [0.1, 0.15) is 5.75 Å². The highest BCUT2D eigenvalue weighted by atomic mass is 16.5. The van der Waals surface area contributed by atoms with Gasteiger partial charge in [0.2, 0.25) is 11.8 Å². The third kappa shape index (κ3) is 7.02. The maximum absolute atomic E-state index is 12.7. The van der Waals surface area contributed by atoms with E-state index in [1.807, 2.05) is 26.0 Å². The van der Waals surface area contributed by atoms with E-state index in [0.29, 0.717) is 36.6 Å². The summed E-state index contributed by atoms with van der Waals surface area (Å²) in [7, 11) is 1.58. The van der Waals surface area contributed by atoms with Crippen LogP contribution in [0.15, 0.2) is 48.5 Å². The third-order valence-electron chi connectivity index (χ3n) is 4.84. The molecule has 166 valence electrons. The van der Waals surface area contributed by atoms with Gasteiger partial charge in [-0.25, -0.2) is 0 Å². The van der Waals surface area contributed by atoms with E-state index in [9.17, 15) is 14.4 Å². The molecule has 0 atom stereocenters. The van der Waals surface area contributed by atoms with E-state index in [0.717, 1.165) is 5.69 Å². The quantitative estimate of drug-likeness (QED) is 0.574. The fourth-order valence-electron chi connectivity index (χ4n) is 3.13. The average Bonchev–Trinajstić information content (AvgIpc) is 2.77. The number of amides is 3. The lowest BCUT2D eigenvalue weighted by Crippen LogP contribution is -2.35. The molecule has 0 saturated carbocycles. The van der Waals surface area contributed by atoms with Crippen molar-refractivity contribution in [2.24, 2.45) is 5.73 Å². The van der Waals surface area contributed by atoms with Crippen LogP contribution in [0.3, 0.4) is 0 Å². The molecule has 0 aliphatic rings. The van der Waals surface area contributed by atoms with Gasteiger partial charge in [0.15, 0.2) is 0 Å². The number of carbonyl (C=O) groups is 3. The van der Waals surface area contributed by atoms with Gasteiger partial charge >= 0.3 is 0 Å². The molecule has 0 unspecified atom stereocenters. The van der Waals surface area contributed by atoms with Crippen molar-refractivity contribution < 1.29 is 19.1 Å². The number of primary amides is 1. The zero-order valence-corrected chi connectivity index (χ0v) is 18.3. The Morgan fingerprint density at radius 1 is 1.03 bits per heavy atom. The molecule has 8 heteroatoms. The first-order chi connectivity index (χ1) is 14.9. The number of nitrogens with one attached hydrogen (secondary N) is 1. The number of nitrogens with zero attached hydrogens (tertiary/aromatic N) is 2. The number of rotatable bonds is 11. The number of nitrogens with two attached hydrogens (primary N) is 1. The van der Waals surface area contributed by atoms with Gasteiger partial charge in [0.05, 0.1) is 13.7 Å². The molecule has 0 radical (unpaired) electrons. The van der Waals surface area contributed by atoms with Gasteiger partial charge in [-0.3, -0.25) is 14.4 Å². The topological polar surface area (TPSA) is 105 Å². The van der Waals surface area contributed by atoms with Crippen molar-refractivity contribution >= 4 is 29.1 Å². The Balaban J connectivity index is 2.11. The summed E-state index contributed by atoms with van der Waals surface area (Å²) in [5, 5.41) is 2.83. The van der Waals surface area contributed by atoms with E-state index >= 15 is 0 Å². The van der Waals surface area contributed by atoms with Gasteiger partial charge in [-0.15, -0.1) is 0 Å². The molecule has 0 aromatic heterocycles. The second-order valence-corrected chi connectivity index (χ2v) is 6.94. The molecule has 0 bridgehead atoms. The van der Waals surface area contributed by atoms with E-state index in [2.05, 4.69) is 5.32 Å². The van der Waals surface area contributed by atoms with Crippen LogP contribution in [-0.2, 0) is 9.59 Å². The van der Waals surface area contributed by atoms with E-state index < -0.39 is 5.91 Å². The third-order valence-corrected chi connectivity index (χ3v) is 4.84. The van der Waals surface area contributed by atoms with Crippen LogP contribution in [-0.4, -0.2) is 55.9 Å². The van der Waals surface area contributed by atoms with E-state index in [1.165, 1.54) is 0 Å². The first-order valence-electron chi connectivity index (χ1n) is 10.2. The second kappa shape index (κ2) is 11.6. The second-order valence-electron chi connectivity index (χ2n) is 6.94. The number of benzene rings is 2. The predicted octanol–water partition coefficient (Wildman–Crippen LogP) is 2.50. The Morgan fingerprint density at radius 2 is 1.71 bits per heavy atom. The smallest absolute Gasteiger partial charge is 0.253 e. The molecule has 0 saturated heterocycles. The molecule has 0 aliphatic carbocycles. The summed E-state index contributed by atoms with van der Waals surface area (Å²) in [5.41, 5.74) is 7.11. The van der Waals surface area contributed by atoms with Crippen molar-refractivity contribution in [1.29, 1.82) is 0 Å². The fraction of sp³-hybridized carbons (Fsp3) is 0.348. The summed E-state index contributed by atoms with van der Waals surface area (Å²) >= 11 is 0. The van der Waals surface area contributed by atoms with E-state index in [4.69, 9.17) is 10.5 Å². The van der Waals surface area contributed by atoms with Gasteiger partial charge in [0.25, 0.3) is 5.91 Å². The minimum atomic E-state index is -0.443. The van der Waals surface area contributed by atoms with Crippen LogP contribution in [0.1, 0.15) is 30.6 Å². The Bertz CT molecular complexity index is 895. The summed E-state index contributed by atoms with van der Waals surface area (Å²) in [6.45, 7) is 5.40. The number of methoxy groups -OCH3 is 1. The molecule has 3 N–H and O–H groups in total. The van der Waals surface area contributed by atoms with Gasteiger partial charge in [-0.1, -0.05) is 6.07 Å². The Kier molecular flexibility index (Phi) is 8.87. The van der Waals surface area contributed by atoms with Crippen LogP contribution in [0.5, 0.6) is 5.75 Å². The molecule has 2 rings (SSSR count). The lowest BCUT2D eigenvalue weighted by atomic mass is 10.1. The van der Waals surface area contributed by atoms with Crippen molar-refractivity contribution in [2.75, 3.05) is 43.5 Å². The van der Waals surface area contributed by atoms with Crippen LogP contribution in [0.2, 0.25) is 0 Å². The van der Waals surface area contributed by atoms with Gasteiger partial charge < -0.3 is 25.6 Å². The van der Waals surface area contributed by atoms with Crippen LogP contribution < -0.4 is 20.7 Å². The number of hydrogen-bond donors (Lipinski definition) is 2. The number of hydrogen-bond acceptors (Lipinski definition) is 5. The largest absolute Gasteiger partial charge is 0.497 e. The van der Waals surface area contributed by atoms with Gasteiger partial charge in [0, 0.05) is 43.0 Å². The lowest BCUT2D eigenvalue weighted by molar-refractivity contribution is -0.118. The monoisotopic (exact) mass is 426 g/mol.